The SMILES string of the molecule is Cc1ccc(OCC(=O)NC2CCN(C(=O)c3cccc(F)c3)CC2)cc1. The number of rotatable bonds is 5. The molecule has 2 aromatic carbocycles. The Morgan fingerprint density at radius 1 is 1.15 bits per heavy atom. The van der Waals surface area contributed by atoms with Crippen LogP contribution in [0.1, 0.15) is 28.8 Å². The molecule has 1 aliphatic rings. The number of aryl methyl sites for hydroxylation is 1. The van der Waals surface area contributed by atoms with Crippen molar-refractivity contribution in [2.24, 2.45) is 0 Å². The lowest BCUT2D eigenvalue weighted by Crippen LogP contribution is -2.47. The second-order valence-electron chi connectivity index (χ2n) is 6.75. The molecule has 0 radical (unpaired) electrons. The zero-order chi connectivity index (χ0) is 19.2. The molecule has 0 aromatic heterocycles. The number of carbonyl (C=O) groups excluding carboxylic acids is 2. The Labute approximate surface area is 158 Å². The third-order valence-electron chi connectivity index (χ3n) is 4.61. The van der Waals surface area contributed by atoms with Crippen LogP contribution in [-0.4, -0.2) is 42.5 Å². The van der Waals surface area contributed by atoms with E-state index in [4.69, 9.17) is 4.74 Å². The van der Waals surface area contributed by atoms with Crippen molar-refractivity contribution < 1.29 is 18.7 Å². The molecule has 1 saturated heterocycles. The summed E-state index contributed by atoms with van der Waals surface area (Å²) >= 11 is 0. The maximum atomic E-state index is 13.3. The Balaban J connectivity index is 1.43. The normalized spacial score (nSPS) is 14.7. The summed E-state index contributed by atoms with van der Waals surface area (Å²) in [4.78, 5) is 26.2. The molecule has 2 amide bonds. The van der Waals surface area contributed by atoms with E-state index in [0.29, 0.717) is 37.2 Å². The van der Waals surface area contributed by atoms with Crippen molar-refractivity contribution >= 4 is 11.8 Å². The quantitative estimate of drug-likeness (QED) is 0.880. The maximum absolute atomic E-state index is 13.3. The van der Waals surface area contributed by atoms with Crippen molar-refractivity contribution in [1.29, 1.82) is 0 Å². The summed E-state index contributed by atoms with van der Waals surface area (Å²) in [5.74, 6) is -0.115. The Morgan fingerprint density at radius 2 is 1.85 bits per heavy atom. The summed E-state index contributed by atoms with van der Waals surface area (Å²) in [5, 5.41) is 2.95. The molecule has 0 bridgehead atoms. The van der Waals surface area contributed by atoms with Gasteiger partial charge in [0.15, 0.2) is 6.61 Å². The molecule has 0 spiro atoms. The zero-order valence-electron chi connectivity index (χ0n) is 15.3. The first kappa shape index (κ1) is 18.9. The van der Waals surface area contributed by atoms with Crippen LogP contribution in [0.4, 0.5) is 4.39 Å². The average molecular weight is 370 g/mol. The number of piperidine rings is 1. The zero-order valence-corrected chi connectivity index (χ0v) is 15.3. The third kappa shape index (κ3) is 5.29. The van der Waals surface area contributed by atoms with Crippen molar-refractivity contribution in [1.82, 2.24) is 10.2 Å². The van der Waals surface area contributed by atoms with Gasteiger partial charge in [0.2, 0.25) is 0 Å². The van der Waals surface area contributed by atoms with Gasteiger partial charge < -0.3 is 15.0 Å². The second kappa shape index (κ2) is 8.66. The van der Waals surface area contributed by atoms with Crippen LogP contribution in [0.3, 0.4) is 0 Å². The van der Waals surface area contributed by atoms with Crippen LogP contribution in [0.2, 0.25) is 0 Å². The number of halogens is 1. The predicted octanol–water partition coefficient (Wildman–Crippen LogP) is 2.93. The lowest BCUT2D eigenvalue weighted by molar-refractivity contribution is -0.124. The fraction of sp³-hybridized carbons (Fsp3) is 0.333. The molecule has 1 heterocycles. The summed E-state index contributed by atoms with van der Waals surface area (Å²) in [6, 6.07) is 13.2. The lowest BCUT2D eigenvalue weighted by atomic mass is 10.0. The summed E-state index contributed by atoms with van der Waals surface area (Å²) in [6.45, 7) is 3.01. The molecule has 5 nitrogen and oxygen atoms in total. The Hall–Kier alpha value is -2.89. The molecule has 1 fully saturated rings. The van der Waals surface area contributed by atoms with Gasteiger partial charge in [0.05, 0.1) is 0 Å². The van der Waals surface area contributed by atoms with Gasteiger partial charge in [-0.15, -0.1) is 0 Å². The molecule has 0 aliphatic carbocycles. The molecule has 2 aromatic rings. The van der Waals surface area contributed by atoms with E-state index in [9.17, 15) is 14.0 Å². The average Bonchev–Trinajstić information content (AvgIpc) is 2.67. The highest BCUT2D eigenvalue weighted by Crippen LogP contribution is 2.15. The first-order valence-corrected chi connectivity index (χ1v) is 9.05. The molecule has 6 heteroatoms. The van der Waals surface area contributed by atoms with Gasteiger partial charge in [-0.1, -0.05) is 23.8 Å². The van der Waals surface area contributed by atoms with Gasteiger partial charge in [0.25, 0.3) is 11.8 Å². The second-order valence-corrected chi connectivity index (χ2v) is 6.75. The third-order valence-corrected chi connectivity index (χ3v) is 4.61. The molecule has 27 heavy (non-hydrogen) atoms. The number of benzene rings is 2. The molecule has 0 unspecified atom stereocenters. The van der Waals surface area contributed by atoms with Gasteiger partial charge in [0.1, 0.15) is 11.6 Å². The van der Waals surface area contributed by atoms with Crippen molar-refractivity contribution in [3.63, 3.8) is 0 Å². The molecule has 142 valence electrons. The molecular weight excluding hydrogens is 347 g/mol. The highest BCUT2D eigenvalue weighted by Gasteiger charge is 2.24. The fourth-order valence-electron chi connectivity index (χ4n) is 3.08. The molecule has 0 saturated carbocycles. The van der Waals surface area contributed by atoms with Crippen LogP contribution in [0.25, 0.3) is 0 Å². The Kier molecular flexibility index (Phi) is 6.06. The number of ether oxygens (including phenoxy) is 1. The number of likely N-dealkylation sites (tertiary alicyclic amines) is 1. The van der Waals surface area contributed by atoms with E-state index >= 15 is 0 Å². The van der Waals surface area contributed by atoms with Crippen molar-refractivity contribution in [3.05, 3.63) is 65.5 Å². The number of nitrogens with one attached hydrogen (secondary N) is 1. The minimum atomic E-state index is -0.420. The van der Waals surface area contributed by atoms with Crippen molar-refractivity contribution in [2.75, 3.05) is 19.7 Å². The standard InChI is InChI=1S/C21H23FN2O3/c1-15-5-7-19(8-6-15)27-14-20(25)23-18-9-11-24(12-10-18)21(26)16-3-2-4-17(22)13-16/h2-8,13,18H,9-12,14H2,1H3,(H,23,25). The van der Waals surface area contributed by atoms with Crippen molar-refractivity contribution in [3.8, 4) is 5.75 Å². The van der Waals surface area contributed by atoms with Gasteiger partial charge in [-0.05, 0) is 50.1 Å². The summed E-state index contributed by atoms with van der Waals surface area (Å²) < 4.78 is 18.8. The minimum Gasteiger partial charge on any atom is -0.484 e. The number of hydrogen-bond donors (Lipinski definition) is 1. The largest absolute Gasteiger partial charge is 0.484 e. The van der Waals surface area contributed by atoms with E-state index in [0.717, 1.165) is 5.56 Å². The van der Waals surface area contributed by atoms with E-state index in [2.05, 4.69) is 5.32 Å². The van der Waals surface area contributed by atoms with Crippen LogP contribution >= 0.6 is 0 Å². The number of nitrogens with zero attached hydrogens (tertiary/aromatic N) is 1. The smallest absolute Gasteiger partial charge is 0.258 e. The first-order chi connectivity index (χ1) is 13.0. The van der Waals surface area contributed by atoms with E-state index in [1.807, 2.05) is 31.2 Å². The minimum absolute atomic E-state index is 0.00989. The Bertz CT molecular complexity index is 799. The molecule has 3 rings (SSSR count). The van der Waals surface area contributed by atoms with E-state index < -0.39 is 5.82 Å². The predicted molar refractivity (Wildman–Crippen MR) is 100 cm³/mol. The van der Waals surface area contributed by atoms with Crippen LogP contribution in [0.5, 0.6) is 5.75 Å². The molecule has 0 atom stereocenters. The first-order valence-electron chi connectivity index (χ1n) is 9.05. The fourth-order valence-corrected chi connectivity index (χ4v) is 3.08. The van der Waals surface area contributed by atoms with Crippen LogP contribution < -0.4 is 10.1 Å². The van der Waals surface area contributed by atoms with Crippen LogP contribution in [-0.2, 0) is 4.79 Å². The lowest BCUT2D eigenvalue weighted by Gasteiger charge is -2.32. The highest BCUT2D eigenvalue weighted by atomic mass is 19.1. The Morgan fingerprint density at radius 3 is 2.52 bits per heavy atom. The van der Waals surface area contributed by atoms with Gasteiger partial charge in [0, 0.05) is 24.7 Å². The summed E-state index contributed by atoms with van der Waals surface area (Å²) in [5.41, 5.74) is 1.48. The van der Waals surface area contributed by atoms with Gasteiger partial charge in [-0.2, -0.15) is 0 Å². The van der Waals surface area contributed by atoms with Gasteiger partial charge in [-0.3, -0.25) is 9.59 Å². The summed E-state index contributed by atoms with van der Waals surface area (Å²) in [7, 11) is 0. The number of amides is 2. The maximum Gasteiger partial charge on any atom is 0.258 e. The van der Waals surface area contributed by atoms with Gasteiger partial charge >= 0.3 is 0 Å². The van der Waals surface area contributed by atoms with E-state index in [-0.39, 0.29) is 24.5 Å². The molecule has 1 N–H and O–H groups in total. The number of hydrogen-bond acceptors (Lipinski definition) is 3. The summed E-state index contributed by atoms with van der Waals surface area (Å²) in [6.07, 6.45) is 1.33. The molecule has 1 aliphatic heterocycles. The van der Waals surface area contributed by atoms with Gasteiger partial charge in [-0.25, -0.2) is 4.39 Å². The van der Waals surface area contributed by atoms with E-state index in [1.54, 1.807) is 11.0 Å². The monoisotopic (exact) mass is 370 g/mol. The van der Waals surface area contributed by atoms with Crippen LogP contribution in [0.15, 0.2) is 48.5 Å². The van der Waals surface area contributed by atoms with Crippen LogP contribution in [0, 0.1) is 12.7 Å². The van der Waals surface area contributed by atoms with E-state index in [1.165, 1.54) is 18.2 Å². The highest BCUT2D eigenvalue weighted by molar-refractivity contribution is 5.94. The number of carbonyl (C=O) groups is 2. The molecular formula is C21H23FN2O3. The topological polar surface area (TPSA) is 58.6 Å². The van der Waals surface area contributed by atoms with Crippen molar-refractivity contribution in [2.45, 2.75) is 25.8 Å².